The molecule has 2 aliphatic rings. The number of benzene rings is 2. The van der Waals surface area contributed by atoms with Crippen molar-refractivity contribution in [3.05, 3.63) is 112 Å². The largest absolute Gasteiger partial charge is 0.490 e. The van der Waals surface area contributed by atoms with Gasteiger partial charge in [-0.25, -0.2) is 0 Å². The Morgan fingerprint density at radius 2 is 1.85 bits per heavy atom. The molecule has 54 heavy (non-hydrogen) atoms. The van der Waals surface area contributed by atoms with Gasteiger partial charge >= 0.3 is 6.18 Å². The summed E-state index contributed by atoms with van der Waals surface area (Å²) in [5.41, 5.74) is 3.08. The monoisotopic (exact) mass is 788 g/mol. The molecule has 11 nitrogen and oxygen atoms in total. The Bertz CT molecular complexity index is 1900. The third kappa shape index (κ3) is 10.3. The van der Waals surface area contributed by atoms with Crippen LogP contribution in [0, 0.1) is 5.92 Å². The van der Waals surface area contributed by atoms with Crippen LogP contribution in [0.2, 0.25) is 10.0 Å². The molecule has 4 aromatic rings. The molecule has 2 aliphatic heterocycles. The van der Waals surface area contributed by atoms with Gasteiger partial charge < -0.3 is 30.2 Å². The molecule has 4 N–H and O–H groups in total. The summed E-state index contributed by atoms with van der Waals surface area (Å²) in [4.78, 5) is 35.0. The summed E-state index contributed by atoms with van der Waals surface area (Å²) in [6, 6.07) is 16.1. The second-order valence-electron chi connectivity index (χ2n) is 13.7. The minimum atomic E-state index is -4.60. The summed E-state index contributed by atoms with van der Waals surface area (Å²) < 4.78 is 47.0. The van der Waals surface area contributed by atoms with E-state index in [1.165, 1.54) is 0 Å². The molecular weight excluding hydrogens is 748 g/mol. The maximum absolute atomic E-state index is 13.9. The van der Waals surface area contributed by atoms with Gasteiger partial charge in [0.25, 0.3) is 0 Å². The number of amides is 2. The number of para-hydroxylation sites is 1. The molecule has 288 valence electrons. The number of ether oxygens (including phenoxy) is 1. The smallest absolute Gasteiger partial charge is 0.405 e. The van der Waals surface area contributed by atoms with Crippen LogP contribution in [-0.2, 0) is 22.6 Å². The van der Waals surface area contributed by atoms with Crippen LogP contribution in [0.5, 0.6) is 5.75 Å². The fourth-order valence-electron chi connectivity index (χ4n) is 6.94. The van der Waals surface area contributed by atoms with Crippen LogP contribution in [0.4, 0.5) is 13.2 Å². The van der Waals surface area contributed by atoms with Gasteiger partial charge in [0, 0.05) is 74.7 Å². The number of alkyl halides is 3. The van der Waals surface area contributed by atoms with Crippen LogP contribution in [0.3, 0.4) is 0 Å². The number of aliphatic hydroxyl groups excluding tert-OH is 2. The minimum absolute atomic E-state index is 0.00925. The highest BCUT2D eigenvalue weighted by atomic mass is 35.5. The average molecular weight is 790 g/mol. The predicted octanol–water partition coefficient (Wildman–Crippen LogP) is 4.56. The van der Waals surface area contributed by atoms with Crippen molar-refractivity contribution in [1.29, 1.82) is 0 Å². The summed E-state index contributed by atoms with van der Waals surface area (Å²) in [5, 5.41) is 28.0. The van der Waals surface area contributed by atoms with Crippen LogP contribution >= 0.6 is 23.2 Å². The van der Waals surface area contributed by atoms with Gasteiger partial charge in [-0.3, -0.25) is 24.4 Å². The molecule has 0 radical (unpaired) electrons. The molecule has 2 amide bonds. The number of nitrogens with one attached hydrogen (secondary N) is 2. The first-order valence-corrected chi connectivity index (χ1v) is 18.3. The van der Waals surface area contributed by atoms with Crippen LogP contribution in [0.25, 0.3) is 5.69 Å². The van der Waals surface area contributed by atoms with Crippen LogP contribution < -0.4 is 15.4 Å². The normalized spacial score (nSPS) is 20.4. The summed E-state index contributed by atoms with van der Waals surface area (Å²) in [6.45, 7) is -0.291. The highest BCUT2D eigenvalue weighted by molar-refractivity contribution is 6.42. The standard InChI is InChI=1S/C38H41Cl2F3N6O5/c39-30-8-7-27(16-31(30)40)48-11-9-25(19-48)18-47-12-13-49(32(21-47)37(53)45-23-38(41,42)43)20-28(50)15-26(14-24-4-3-10-44-17-24)36(52)46-35-29-5-1-2-6-34(29)54-22-33(35)51/h1-11,16-17,19,26,28,32-33,35,50-51H,12-15,18,20-23H2,(H,45,53)(H,46,52)/t26-,28+,32+,33?,35+/m1/s1. The fourth-order valence-corrected chi connectivity index (χ4v) is 7.24. The number of nitrogens with zero attached hydrogens (tertiary/aromatic N) is 4. The Labute approximate surface area is 320 Å². The maximum atomic E-state index is 13.9. The molecule has 1 fully saturated rings. The molecule has 0 spiro atoms. The first kappa shape index (κ1) is 39.5. The zero-order valence-corrected chi connectivity index (χ0v) is 30.6. The molecule has 2 aromatic heterocycles. The number of halogens is 5. The molecule has 0 saturated carbocycles. The number of aromatic nitrogens is 2. The first-order valence-electron chi connectivity index (χ1n) is 17.5. The van der Waals surface area contributed by atoms with Gasteiger partial charge in [-0.1, -0.05) is 47.5 Å². The molecular formula is C38H41Cl2F3N6O5. The lowest BCUT2D eigenvalue weighted by Crippen LogP contribution is -2.60. The quantitative estimate of drug-likeness (QED) is 0.155. The second kappa shape index (κ2) is 17.5. The third-order valence-corrected chi connectivity index (χ3v) is 10.4. The molecule has 5 atom stereocenters. The fraction of sp³-hybridized carbons (Fsp3) is 0.395. The van der Waals surface area contributed by atoms with E-state index in [0.717, 1.165) is 16.8 Å². The zero-order valence-electron chi connectivity index (χ0n) is 29.1. The Kier molecular flexibility index (Phi) is 12.8. The number of hydrogen-bond acceptors (Lipinski definition) is 8. The van der Waals surface area contributed by atoms with E-state index in [2.05, 4.69) is 10.3 Å². The van der Waals surface area contributed by atoms with Gasteiger partial charge in [0.05, 0.1) is 22.2 Å². The SMILES string of the molecule is O=C(N[C@H]1c2ccccc2OCC1O)[C@H](Cc1cccnc1)C[C@H](O)CN1CCN(Cc2ccn(-c3ccc(Cl)c(Cl)c3)c2)C[C@H]1C(=O)NCC(F)(F)F. The zero-order chi connectivity index (χ0) is 38.4. The molecule has 16 heteroatoms. The molecule has 0 bridgehead atoms. The first-order chi connectivity index (χ1) is 25.8. The molecule has 2 aromatic carbocycles. The van der Waals surface area contributed by atoms with E-state index >= 15 is 0 Å². The lowest BCUT2D eigenvalue weighted by Gasteiger charge is -2.41. The Hall–Kier alpha value is -4.18. The number of β-amino-alcohol motifs (C(OH)–C–C–N with tert-alkyl or cyclic N) is 1. The highest BCUT2D eigenvalue weighted by Crippen LogP contribution is 2.33. The van der Waals surface area contributed by atoms with E-state index in [1.807, 2.05) is 45.4 Å². The van der Waals surface area contributed by atoms with Crippen LogP contribution in [-0.4, -0.2) is 105 Å². The molecule has 6 rings (SSSR count). The molecule has 1 unspecified atom stereocenters. The summed E-state index contributed by atoms with van der Waals surface area (Å²) in [6.07, 6.45) is 0.455. The van der Waals surface area contributed by atoms with Crippen molar-refractivity contribution < 1.29 is 37.7 Å². The van der Waals surface area contributed by atoms with Crippen molar-refractivity contribution in [2.45, 2.75) is 49.9 Å². The van der Waals surface area contributed by atoms with Gasteiger partial charge in [0.2, 0.25) is 11.8 Å². The van der Waals surface area contributed by atoms with Crippen LogP contribution in [0.1, 0.15) is 29.2 Å². The summed E-state index contributed by atoms with van der Waals surface area (Å²) >= 11 is 12.3. The van der Waals surface area contributed by atoms with Gasteiger partial charge in [-0.2, -0.15) is 13.2 Å². The van der Waals surface area contributed by atoms with Crippen LogP contribution in [0.15, 0.2) is 85.5 Å². The topological polar surface area (TPSA) is 132 Å². The average Bonchev–Trinajstić information content (AvgIpc) is 3.61. The molecule has 0 aliphatic carbocycles. The van der Waals surface area contributed by atoms with Crippen molar-refractivity contribution in [1.82, 2.24) is 30.0 Å². The number of fused-ring (bicyclic) bond motifs is 1. The van der Waals surface area contributed by atoms with E-state index in [0.29, 0.717) is 34.4 Å². The number of carbonyl (C=O) groups is 2. The van der Waals surface area contributed by atoms with E-state index in [-0.39, 0.29) is 39.1 Å². The van der Waals surface area contributed by atoms with E-state index in [1.54, 1.807) is 59.8 Å². The van der Waals surface area contributed by atoms with E-state index < -0.39 is 54.7 Å². The second-order valence-corrected chi connectivity index (χ2v) is 14.5. The summed E-state index contributed by atoms with van der Waals surface area (Å²) in [7, 11) is 0. The van der Waals surface area contributed by atoms with Crippen molar-refractivity contribution in [2.75, 3.05) is 39.3 Å². The van der Waals surface area contributed by atoms with Crippen molar-refractivity contribution in [3.8, 4) is 11.4 Å². The lowest BCUT2D eigenvalue weighted by molar-refractivity contribution is -0.143. The van der Waals surface area contributed by atoms with Gasteiger partial charge in [-0.15, -0.1) is 0 Å². The number of pyridine rings is 1. The number of carbonyl (C=O) groups excluding carboxylic acids is 2. The third-order valence-electron chi connectivity index (χ3n) is 9.63. The molecule has 1 saturated heterocycles. The number of aliphatic hydroxyl groups is 2. The number of hydrogen-bond donors (Lipinski definition) is 4. The number of rotatable bonds is 13. The highest BCUT2D eigenvalue weighted by Gasteiger charge is 2.38. The molecule has 4 heterocycles. The van der Waals surface area contributed by atoms with Gasteiger partial charge in [0.15, 0.2) is 0 Å². The van der Waals surface area contributed by atoms with E-state index in [4.69, 9.17) is 27.9 Å². The van der Waals surface area contributed by atoms with Gasteiger partial charge in [0.1, 0.15) is 31.0 Å². The predicted molar refractivity (Wildman–Crippen MR) is 196 cm³/mol. The minimum Gasteiger partial charge on any atom is -0.490 e. The Balaban J connectivity index is 1.15. The van der Waals surface area contributed by atoms with Crippen molar-refractivity contribution in [2.24, 2.45) is 5.92 Å². The Morgan fingerprint density at radius 3 is 2.61 bits per heavy atom. The van der Waals surface area contributed by atoms with Crippen molar-refractivity contribution >= 4 is 35.0 Å². The maximum Gasteiger partial charge on any atom is 0.405 e. The Morgan fingerprint density at radius 1 is 1.04 bits per heavy atom. The summed E-state index contributed by atoms with van der Waals surface area (Å²) in [5.74, 6) is -1.44. The number of piperazine rings is 1. The van der Waals surface area contributed by atoms with Crippen molar-refractivity contribution in [3.63, 3.8) is 0 Å². The lowest BCUT2D eigenvalue weighted by atomic mass is 9.91. The van der Waals surface area contributed by atoms with E-state index in [9.17, 15) is 33.0 Å². The van der Waals surface area contributed by atoms with Gasteiger partial charge in [-0.05, 0) is 60.4 Å².